The number of aliphatic carboxylic acids is 1. The van der Waals surface area contributed by atoms with Crippen molar-refractivity contribution >= 4 is 29.0 Å². The summed E-state index contributed by atoms with van der Waals surface area (Å²) in [6.45, 7) is 0. The summed E-state index contributed by atoms with van der Waals surface area (Å²) in [5.74, 6) is -0.875. The Hall–Kier alpha value is -2.53. The summed E-state index contributed by atoms with van der Waals surface area (Å²) < 4.78 is 5.09. The third kappa shape index (κ3) is 3.38. The van der Waals surface area contributed by atoms with Crippen molar-refractivity contribution in [3.8, 4) is 5.75 Å². The lowest BCUT2D eigenvalue weighted by atomic mass is 9.99. The van der Waals surface area contributed by atoms with Crippen molar-refractivity contribution < 1.29 is 19.4 Å². The zero-order chi connectivity index (χ0) is 16.3. The fourth-order valence-corrected chi connectivity index (χ4v) is 2.23. The Morgan fingerprint density at radius 2 is 1.82 bits per heavy atom. The number of carboxylic acid groups (broad SMARTS) is 1. The van der Waals surface area contributed by atoms with Crippen LogP contribution in [0.3, 0.4) is 0 Å². The molecule has 22 heavy (non-hydrogen) atoms. The first-order valence-corrected chi connectivity index (χ1v) is 6.78. The van der Waals surface area contributed by atoms with Crippen LogP contribution < -0.4 is 10.5 Å². The van der Waals surface area contributed by atoms with Crippen molar-refractivity contribution in [3.05, 3.63) is 58.1 Å². The molecule has 0 spiro atoms. The summed E-state index contributed by atoms with van der Waals surface area (Å²) in [4.78, 5) is 23.3. The predicted octanol–water partition coefficient (Wildman–Crippen LogP) is 2.79. The first kappa shape index (κ1) is 15.9. The Balaban J connectivity index is 2.39. The number of nitrogens with two attached hydrogens (primary N) is 1. The van der Waals surface area contributed by atoms with Crippen LogP contribution >= 0.6 is 11.6 Å². The fraction of sp³-hybridized carbons (Fsp3) is 0.125. The summed E-state index contributed by atoms with van der Waals surface area (Å²) in [6.07, 6.45) is -0.239. The summed E-state index contributed by atoms with van der Waals surface area (Å²) in [5.41, 5.74) is 7.22. The maximum Gasteiger partial charge on any atom is 0.307 e. The maximum atomic E-state index is 12.5. The number of nitrogen functional groups attached to an aromatic ring is 1. The molecule has 114 valence electrons. The van der Waals surface area contributed by atoms with Crippen molar-refractivity contribution in [3.63, 3.8) is 0 Å². The molecule has 5 nitrogen and oxygen atoms in total. The smallest absolute Gasteiger partial charge is 0.307 e. The van der Waals surface area contributed by atoms with Crippen LogP contribution in [0.2, 0.25) is 5.02 Å². The summed E-state index contributed by atoms with van der Waals surface area (Å²) in [7, 11) is 1.46. The van der Waals surface area contributed by atoms with Crippen molar-refractivity contribution in [1.82, 2.24) is 0 Å². The van der Waals surface area contributed by atoms with Gasteiger partial charge in [-0.15, -0.1) is 0 Å². The van der Waals surface area contributed by atoms with Crippen LogP contribution in [0.25, 0.3) is 0 Å². The number of anilines is 1. The molecule has 2 rings (SSSR count). The summed E-state index contributed by atoms with van der Waals surface area (Å²) >= 11 is 5.93. The van der Waals surface area contributed by atoms with Gasteiger partial charge in [-0.2, -0.15) is 0 Å². The number of hydrogen-bond donors (Lipinski definition) is 2. The SMILES string of the molecule is COc1cc(C(=O)c2ccc(N)c(CC(=O)O)c2)ccc1Cl. The van der Waals surface area contributed by atoms with Gasteiger partial charge in [0.05, 0.1) is 18.6 Å². The summed E-state index contributed by atoms with van der Waals surface area (Å²) in [6, 6.07) is 9.27. The lowest BCUT2D eigenvalue weighted by Crippen LogP contribution is -2.07. The van der Waals surface area contributed by atoms with E-state index in [2.05, 4.69) is 0 Å². The topological polar surface area (TPSA) is 89.6 Å². The number of halogens is 1. The monoisotopic (exact) mass is 319 g/mol. The fourth-order valence-electron chi connectivity index (χ4n) is 2.03. The summed E-state index contributed by atoms with van der Waals surface area (Å²) in [5, 5.41) is 9.27. The van der Waals surface area contributed by atoms with Gasteiger partial charge in [-0.25, -0.2) is 0 Å². The van der Waals surface area contributed by atoms with Crippen molar-refractivity contribution in [2.45, 2.75) is 6.42 Å². The van der Waals surface area contributed by atoms with E-state index < -0.39 is 5.97 Å². The van der Waals surface area contributed by atoms with E-state index in [4.69, 9.17) is 27.2 Å². The van der Waals surface area contributed by atoms with E-state index in [1.807, 2.05) is 0 Å². The molecule has 0 saturated heterocycles. The highest BCUT2D eigenvalue weighted by molar-refractivity contribution is 6.32. The Kier molecular flexibility index (Phi) is 4.68. The van der Waals surface area contributed by atoms with Gasteiger partial charge in [0.25, 0.3) is 0 Å². The van der Waals surface area contributed by atoms with E-state index in [1.54, 1.807) is 18.2 Å². The molecule has 0 unspecified atom stereocenters. The number of carbonyl (C=O) groups excluding carboxylic acids is 1. The molecular formula is C16H14ClNO4. The minimum absolute atomic E-state index is 0.239. The number of methoxy groups -OCH3 is 1. The Labute approximate surface area is 132 Å². The zero-order valence-electron chi connectivity index (χ0n) is 11.8. The first-order valence-electron chi connectivity index (χ1n) is 6.41. The Bertz CT molecular complexity index is 743. The molecule has 0 aromatic heterocycles. The molecule has 0 aliphatic heterocycles. The third-order valence-corrected chi connectivity index (χ3v) is 3.47. The molecule has 3 N–H and O–H groups in total. The van der Waals surface area contributed by atoms with Crippen LogP contribution in [0.1, 0.15) is 21.5 Å². The van der Waals surface area contributed by atoms with Crippen LogP contribution in [0, 0.1) is 0 Å². The van der Waals surface area contributed by atoms with E-state index in [1.165, 1.54) is 25.3 Å². The van der Waals surface area contributed by atoms with Crippen LogP contribution in [0.4, 0.5) is 5.69 Å². The predicted molar refractivity (Wildman–Crippen MR) is 83.6 cm³/mol. The van der Waals surface area contributed by atoms with Crippen molar-refractivity contribution in [2.75, 3.05) is 12.8 Å². The first-order chi connectivity index (χ1) is 10.4. The van der Waals surface area contributed by atoms with Crippen LogP contribution in [0.5, 0.6) is 5.75 Å². The van der Waals surface area contributed by atoms with Gasteiger partial charge < -0.3 is 15.6 Å². The number of ketones is 1. The van der Waals surface area contributed by atoms with E-state index in [0.29, 0.717) is 33.1 Å². The van der Waals surface area contributed by atoms with Gasteiger partial charge in [0.15, 0.2) is 5.78 Å². The highest BCUT2D eigenvalue weighted by Crippen LogP contribution is 2.26. The van der Waals surface area contributed by atoms with Gasteiger partial charge in [0.1, 0.15) is 5.75 Å². The van der Waals surface area contributed by atoms with Gasteiger partial charge in [-0.1, -0.05) is 11.6 Å². The number of carboxylic acids is 1. The van der Waals surface area contributed by atoms with Crippen molar-refractivity contribution in [2.24, 2.45) is 0 Å². The average Bonchev–Trinajstić information content (AvgIpc) is 2.49. The molecule has 0 amide bonds. The molecule has 0 bridgehead atoms. The van der Waals surface area contributed by atoms with Crippen LogP contribution in [-0.2, 0) is 11.2 Å². The zero-order valence-corrected chi connectivity index (χ0v) is 12.6. The number of rotatable bonds is 5. The third-order valence-electron chi connectivity index (χ3n) is 3.16. The van der Waals surface area contributed by atoms with E-state index in [0.717, 1.165) is 0 Å². The minimum Gasteiger partial charge on any atom is -0.495 e. The standard InChI is InChI=1S/C16H14ClNO4/c1-22-14-7-10(2-4-12(14)17)16(21)9-3-5-13(18)11(6-9)8-15(19)20/h2-7H,8,18H2,1H3,(H,19,20). The van der Waals surface area contributed by atoms with Gasteiger partial charge in [0.2, 0.25) is 0 Å². The number of hydrogen-bond acceptors (Lipinski definition) is 4. The molecule has 0 aliphatic carbocycles. The van der Waals surface area contributed by atoms with E-state index in [-0.39, 0.29) is 12.2 Å². The van der Waals surface area contributed by atoms with Gasteiger partial charge in [-0.3, -0.25) is 9.59 Å². The molecule has 0 saturated carbocycles. The molecule has 0 aliphatic rings. The maximum absolute atomic E-state index is 12.5. The average molecular weight is 320 g/mol. The Morgan fingerprint density at radius 1 is 1.18 bits per heavy atom. The molecule has 2 aromatic rings. The lowest BCUT2D eigenvalue weighted by molar-refractivity contribution is -0.136. The second-order valence-electron chi connectivity index (χ2n) is 4.66. The van der Waals surface area contributed by atoms with Crippen LogP contribution in [-0.4, -0.2) is 24.0 Å². The Morgan fingerprint density at radius 3 is 2.45 bits per heavy atom. The highest BCUT2D eigenvalue weighted by Gasteiger charge is 2.14. The largest absolute Gasteiger partial charge is 0.495 e. The number of ether oxygens (including phenoxy) is 1. The molecule has 2 aromatic carbocycles. The minimum atomic E-state index is -1.01. The second-order valence-corrected chi connectivity index (χ2v) is 5.07. The molecule has 0 atom stereocenters. The molecule has 0 fully saturated rings. The second kappa shape index (κ2) is 6.49. The van der Waals surface area contributed by atoms with Crippen molar-refractivity contribution in [1.29, 1.82) is 0 Å². The molecule has 6 heteroatoms. The van der Waals surface area contributed by atoms with Gasteiger partial charge in [0, 0.05) is 16.8 Å². The number of carbonyl (C=O) groups is 2. The normalized spacial score (nSPS) is 10.3. The van der Waals surface area contributed by atoms with Crippen LogP contribution in [0.15, 0.2) is 36.4 Å². The molecule has 0 heterocycles. The van der Waals surface area contributed by atoms with Gasteiger partial charge in [-0.05, 0) is 42.0 Å². The molecule has 0 radical (unpaired) electrons. The van der Waals surface area contributed by atoms with Gasteiger partial charge >= 0.3 is 5.97 Å². The highest BCUT2D eigenvalue weighted by atomic mass is 35.5. The quantitative estimate of drug-likeness (QED) is 0.653. The lowest BCUT2D eigenvalue weighted by Gasteiger charge is -2.08. The van der Waals surface area contributed by atoms with E-state index >= 15 is 0 Å². The number of benzene rings is 2. The van der Waals surface area contributed by atoms with E-state index in [9.17, 15) is 9.59 Å². The molecular weight excluding hydrogens is 306 g/mol.